The quantitative estimate of drug-likeness (QED) is 0.536. The lowest BCUT2D eigenvalue weighted by molar-refractivity contribution is 0.0318. The topological polar surface area (TPSA) is 98.8 Å². The average molecular weight is 405 g/mol. The number of Topliss-reactive ketones (excluding diaryl/α,β-unsaturated/α-hetero) is 1. The van der Waals surface area contributed by atoms with Crippen LogP contribution in [0.25, 0.3) is 0 Å². The van der Waals surface area contributed by atoms with E-state index in [-0.39, 0.29) is 22.3 Å². The largest absolute Gasteiger partial charge is 0.497 e. The Labute approximate surface area is 164 Å². The predicted octanol–water partition coefficient (Wildman–Crippen LogP) is 2.81. The van der Waals surface area contributed by atoms with Gasteiger partial charge >= 0.3 is 5.97 Å². The lowest BCUT2D eigenvalue weighted by atomic mass is 10.1. The minimum absolute atomic E-state index is 0.0426. The Morgan fingerprint density at radius 3 is 2.18 bits per heavy atom. The minimum atomic E-state index is -3.75. The van der Waals surface area contributed by atoms with E-state index in [1.165, 1.54) is 38.3 Å². The van der Waals surface area contributed by atoms with Gasteiger partial charge in [0.25, 0.3) is 0 Å². The molecule has 0 aromatic heterocycles. The van der Waals surface area contributed by atoms with Crippen molar-refractivity contribution in [2.75, 3.05) is 7.11 Å². The number of ketones is 1. The second kappa shape index (κ2) is 8.99. The molecule has 150 valence electrons. The van der Waals surface area contributed by atoms with Crippen LogP contribution in [0, 0.1) is 0 Å². The Hall–Kier alpha value is -2.71. The number of ether oxygens (including phenoxy) is 2. The molecular formula is C20H23NO6S. The number of carbonyl (C=O) groups is 2. The number of hydrogen-bond acceptors (Lipinski definition) is 6. The molecule has 2 aromatic rings. The first-order valence-electron chi connectivity index (χ1n) is 8.65. The molecule has 0 fully saturated rings. The molecule has 0 bridgehead atoms. The highest BCUT2D eigenvalue weighted by Gasteiger charge is 2.22. The molecule has 28 heavy (non-hydrogen) atoms. The lowest BCUT2D eigenvalue weighted by Gasteiger charge is -2.14. The second-order valence-corrected chi connectivity index (χ2v) is 8.16. The van der Waals surface area contributed by atoms with Crippen molar-refractivity contribution >= 4 is 21.8 Å². The molecular weight excluding hydrogens is 382 g/mol. The first-order chi connectivity index (χ1) is 13.1. The number of carbonyl (C=O) groups excluding carboxylic acids is 2. The number of nitrogens with one attached hydrogen (secondary N) is 1. The number of methoxy groups -OCH3 is 1. The van der Waals surface area contributed by atoms with E-state index in [4.69, 9.17) is 9.47 Å². The molecule has 0 unspecified atom stereocenters. The molecule has 0 saturated carbocycles. The molecule has 0 amide bonds. The van der Waals surface area contributed by atoms with Gasteiger partial charge in [0.05, 0.1) is 17.6 Å². The van der Waals surface area contributed by atoms with Crippen LogP contribution in [0.4, 0.5) is 0 Å². The number of rotatable bonds is 8. The van der Waals surface area contributed by atoms with Gasteiger partial charge in [0, 0.05) is 11.6 Å². The highest BCUT2D eigenvalue weighted by atomic mass is 32.2. The summed E-state index contributed by atoms with van der Waals surface area (Å²) in [5.74, 6) is -0.550. The summed E-state index contributed by atoms with van der Waals surface area (Å²) in [5, 5.41) is 0. The maximum Gasteiger partial charge on any atom is 0.338 e. The summed E-state index contributed by atoms with van der Waals surface area (Å²) in [7, 11) is -2.23. The summed E-state index contributed by atoms with van der Waals surface area (Å²) in [4.78, 5) is 24.8. The van der Waals surface area contributed by atoms with Crippen LogP contribution in [0.3, 0.4) is 0 Å². The molecule has 0 spiro atoms. The maximum absolute atomic E-state index is 12.4. The summed E-state index contributed by atoms with van der Waals surface area (Å²) >= 11 is 0. The van der Waals surface area contributed by atoms with Crippen molar-refractivity contribution in [3.8, 4) is 5.75 Å². The van der Waals surface area contributed by atoms with Gasteiger partial charge in [-0.1, -0.05) is 6.07 Å². The zero-order chi connectivity index (χ0) is 20.9. The number of hydrogen-bond donors (Lipinski definition) is 1. The minimum Gasteiger partial charge on any atom is -0.497 e. The van der Waals surface area contributed by atoms with E-state index >= 15 is 0 Å². The highest BCUT2D eigenvalue weighted by Crippen LogP contribution is 2.16. The van der Waals surface area contributed by atoms with Gasteiger partial charge < -0.3 is 9.47 Å². The molecule has 8 heteroatoms. The first kappa shape index (κ1) is 21.6. The van der Waals surface area contributed by atoms with Crippen molar-refractivity contribution in [2.24, 2.45) is 0 Å². The fraction of sp³-hybridized carbons (Fsp3) is 0.300. The van der Waals surface area contributed by atoms with E-state index in [9.17, 15) is 18.0 Å². The molecule has 0 radical (unpaired) electrons. The summed E-state index contributed by atoms with van der Waals surface area (Å²) in [6.45, 7) is 4.86. The van der Waals surface area contributed by atoms with E-state index in [0.29, 0.717) is 11.3 Å². The molecule has 2 aromatic carbocycles. The van der Waals surface area contributed by atoms with Gasteiger partial charge in [-0.15, -0.1) is 0 Å². The van der Waals surface area contributed by atoms with Crippen molar-refractivity contribution in [1.29, 1.82) is 0 Å². The van der Waals surface area contributed by atoms with Crippen molar-refractivity contribution in [3.63, 3.8) is 0 Å². The summed E-state index contributed by atoms with van der Waals surface area (Å²) in [6.07, 6.45) is -1.03. The van der Waals surface area contributed by atoms with Gasteiger partial charge in [-0.25, -0.2) is 17.9 Å². The van der Waals surface area contributed by atoms with Crippen molar-refractivity contribution in [1.82, 2.24) is 4.72 Å². The average Bonchev–Trinajstić information content (AvgIpc) is 2.66. The number of sulfonamides is 1. The van der Waals surface area contributed by atoms with Gasteiger partial charge in [0.1, 0.15) is 5.75 Å². The molecule has 0 aliphatic heterocycles. The molecule has 0 heterocycles. The van der Waals surface area contributed by atoms with E-state index in [0.717, 1.165) is 0 Å². The second-order valence-electron chi connectivity index (χ2n) is 6.44. The van der Waals surface area contributed by atoms with Crippen LogP contribution >= 0.6 is 0 Å². The smallest absolute Gasteiger partial charge is 0.338 e. The van der Waals surface area contributed by atoms with Crippen LogP contribution in [0.2, 0.25) is 0 Å². The van der Waals surface area contributed by atoms with Gasteiger partial charge in [0.2, 0.25) is 15.8 Å². The standard InChI is InChI=1S/C20H23NO6S/c1-13(2)21-28(24,25)18-7-5-6-16(12-18)20(23)27-14(3)19(22)15-8-10-17(26-4)11-9-15/h5-14,21H,1-4H3/t14-/m1/s1. The van der Waals surface area contributed by atoms with Crippen LogP contribution in [0.15, 0.2) is 53.4 Å². The maximum atomic E-state index is 12.4. The Balaban J connectivity index is 2.13. The summed E-state index contributed by atoms with van der Waals surface area (Å²) in [6, 6.07) is 11.6. The van der Waals surface area contributed by atoms with Crippen LogP contribution in [0.5, 0.6) is 5.75 Å². The van der Waals surface area contributed by atoms with E-state index < -0.39 is 22.1 Å². The lowest BCUT2D eigenvalue weighted by Crippen LogP contribution is -2.30. The zero-order valence-electron chi connectivity index (χ0n) is 16.1. The molecule has 0 aliphatic rings. The molecule has 1 N–H and O–H groups in total. The Kier molecular flexibility index (Phi) is 6.93. The van der Waals surface area contributed by atoms with Crippen molar-refractivity contribution < 1.29 is 27.5 Å². The number of esters is 1. The fourth-order valence-electron chi connectivity index (χ4n) is 2.44. The Morgan fingerprint density at radius 1 is 0.964 bits per heavy atom. The fourth-order valence-corrected chi connectivity index (χ4v) is 3.74. The molecule has 0 aliphatic carbocycles. The molecule has 2 rings (SSSR count). The Morgan fingerprint density at radius 2 is 1.61 bits per heavy atom. The third-order valence-electron chi connectivity index (χ3n) is 3.80. The van der Waals surface area contributed by atoms with Crippen LogP contribution < -0.4 is 9.46 Å². The van der Waals surface area contributed by atoms with Crippen LogP contribution in [0.1, 0.15) is 41.5 Å². The summed E-state index contributed by atoms with van der Waals surface area (Å²) < 4.78 is 37.2. The van der Waals surface area contributed by atoms with Crippen molar-refractivity contribution in [3.05, 3.63) is 59.7 Å². The predicted molar refractivity (Wildman–Crippen MR) is 104 cm³/mol. The monoisotopic (exact) mass is 405 g/mol. The van der Waals surface area contributed by atoms with Gasteiger partial charge in [0.15, 0.2) is 6.10 Å². The number of benzene rings is 2. The van der Waals surface area contributed by atoms with Gasteiger partial charge in [-0.05, 0) is 63.2 Å². The third-order valence-corrected chi connectivity index (χ3v) is 5.45. The van der Waals surface area contributed by atoms with Gasteiger partial charge in [-0.2, -0.15) is 0 Å². The normalized spacial score (nSPS) is 12.5. The van der Waals surface area contributed by atoms with E-state index in [1.54, 1.807) is 38.1 Å². The van der Waals surface area contributed by atoms with Crippen molar-refractivity contribution in [2.45, 2.75) is 37.8 Å². The molecule has 7 nitrogen and oxygen atoms in total. The Bertz CT molecular complexity index is 951. The van der Waals surface area contributed by atoms with E-state index in [1.807, 2.05) is 0 Å². The molecule has 1 atom stereocenters. The molecule has 0 saturated heterocycles. The van der Waals surface area contributed by atoms with Crippen LogP contribution in [-0.4, -0.2) is 39.4 Å². The third kappa shape index (κ3) is 5.40. The summed E-state index contributed by atoms with van der Waals surface area (Å²) in [5.41, 5.74) is 0.416. The SMILES string of the molecule is COc1ccc(C(=O)[C@@H](C)OC(=O)c2cccc(S(=O)(=O)NC(C)C)c2)cc1. The zero-order valence-corrected chi connectivity index (χ0v) is 16.9. The van der Waals surface area contributed by atoms with Gasteiger partial charge in [-0.3, -0.25) is 4.79 Å². The first-order valence-corrected chi connectivity index (χ1v) is 10.1. The van der Waals surface area contributed by atoms with E-state index in [2.05, 4.69) is 4.72 Å². The van der Waals surface area contributed by atoms with Crippen LogP contribution in [-0.2, 0) is 14.8 Å². The highest BCUT2D eigenvalue weighted by molar-refractivity contribution is 7.89.